The molecule has 2 N–H and O–H groups in total. The normalized spacial score (nSPS) is 14.4. The molecule has 0 atom stereocenters. The fraction of sp³-hybridized carbons (Fsp3) is 0.385. The van der Waals surface area contributed by atoms with Gasteiger partial charge in [0.2, 0.25) is 0 Å². The fourth-order valence-corrected chi connectivity index (χ4v) is 2.25. The molecule has 1 aromatic rings. The highest BCUT2D eigenvalue weighted by Gasteiger charge is 2.08. The van der Waals surface area contributed by atoms with E-state index in [9.17, 15) is 0 Å². The van der Waals surface area contributed by atoms with Crippen LogP contribution >= 0.6 is 23.8 Å². The van der Waals surface area contributed by atoms with Gasteiger partial charge in [-0.05, 0) is 62.5 Å². The van der Waals surface area contributed by atoms with E-state index in [0.29, 0.717) is 5.11 Å². The number of hydrazone groups is 1. The molecule has 1 aromatic carbocycles. The van der Waals surface area contributed by atoms with Gasteiger partial charge in [-0.3, -0.25) is 5.43 Å². The van der Waals surface area contributed by atoms with Gasteiger partial charge in [0.05, 0.1) is 0 Å². The lowest BCUT2D eigenvalue weighted by molar-refractivity contribution is 0.886. The van der Waals surface area contributed by atoms with Crippen LogP contribution in [-0.4, -0.2) is 10.8 Å². The van der Waals surface area contributed by atoms with Gasteiger partial charge in [0.15, 0.2) is 5.11 Å². The second-order valence-corrected chi connectivity index (χ2v) is 5.18. The number of hydrogen-bond acceptors (Lipinski definition) is 2. The molecule has 1 fully saturated rings. The third-order valence-corrected chi connectivity index (χ3v) is 3.61. The Balaban J connectivity index is 1.94. The van der Waals surface area contributed by atoms with Crippen molar-refractivity contribution in [3.05, 3.63) is 28.8 Å². The number of thiocarbonyl (C=S) groups is 1. The average molecular weight is 282 g/mol. The topological polar surface area (TPSA) is 36.4 Å². The van der Waals surface area contributed by atoms with Crippen molar-refractivity contribution >= 4 is 40.3 Å². The van der Waals surface area contributed by atoms with Crippen LogP contribution in [0.3, 0.4) is 0 Å². The molecule has 0 radical (unpaired) electrons. The van der Waals surface area contributed by atoms with E-state index in [2.05, 4.69) is 15.8 Å². The Labute approximate surface area is 118 Å². The van der Waals surface area contributed by atoms with Crippen molar-refractivity contribution in [2.45, 2.75) is 32.6 Å². The van der Waals surface area contributed by atoms with Gasteiger partial charge in [-0.15, -0.1) is 0 Å². The largest absolute Gasteiger partial charge is 0.331 e. The Morgan fingerprint density at radius 1 is 1.33 bits per heavy atom. The number of halogens is 1. The highest BCUT2D eigenvalue weighted by Crippen LogP contribution is 2.22. The van der Waals surface area contributed by atoms with Crippen LogP contribution in [0.4, 0.5) is 5.69 Å². The van der Waals surface area contributed by atoms with Crippen molar-refractivity contribution in [2.24, 2.45) is 5.10 Å². The molecular weight excluding hydrogens is 266 g/mol. The molecule has 0 unspecified atom stereocenters. The van der Waals surface area contributed by atoms with Crippen LogP contribution in [0, 0.1) is 6.92 Å². The first-order valence-corrected chi connectivity index (χ1v) is 6.83. The van der Waals surface area contributed by atoms with Gasteiger partial charge in [-0.25, -0.2) is 0 Å². The molecule has 2 rings (SSSR count). The maximum Gasteiger partial charge on any atom is 0.191 e. The van der Waals surface area contributed by atoms with E-state index in [1.165, 1.54) is 18.6 Å². The fourth-order valence-electron chi connectivity index (χ4n) is 1.92. The van der Waals surface area contributed by atoms with Crippen molar-refractivity contribution in [1.29, 1.82) is 0 Å². The summed E-state index contributed by atoms with van der Waals surface area (Å²) in [7, 11) is 0. The van der Waals surface area contributed by atoms with E-state index < -0.39 is 0 Å². The smallest absolute Gasteiger partial charge is 0.191 e. The van der Waals surface area contributed by atoms with E-state index in [1.54, 1.807) is 0 Å². The summed E-state index contributed by atoms with van der Waals surface area (Å²) in [5, 5.41) is 8.63. The molecule has 3 nitrogen and oxygen atoms in total. The Kier molecular flexibility index (Phi) is 4.55. The maximum atomic E-state index is 6.05. The lowest BCUT2D eigenvalue weighted by Crippen LogP contribution is -2.25. The Bertz CT molecular complexity index is 477. The van der Waals surface area contributed by atoms with Gasteiger partial charge in [0, 0.05) is 16.4 Å². The molecular formula is C13H16ClN3S. The first-order chi connectivity index (χ1) is 8.66. The minimum absolute atomic E-state index is 0.500. The Morgan fingerprint density at radius 3 is 2.78 bits per heavy atom. The zero-order chi connectivity index (χ0) is 13.0. The zero-order valence-corrected chi connectivity index (χ0v) is 11.9. The Morgan fingerprint density at radius 2 is 2.06 bits per heavy atom. The molecule has 18 heavy (non-hydrogen) atoms. The molecule has 1 saturated carbocycles. The molecule has 0 aliphatic heterocycles. The number of nitrogens with one attached hydrogen (secondary N) is 2. The summed E-state index contributed by atoms with van der Waals surface area (Å²) >= 11 is 11.2. The third-order valence-electron chi connectivity index (χ3n) is 3.01. The van der Waals surface area contributed by atoms with Gasteiger partial charge >= 0.3 is 0 Å². The highest BCUT2D eigenvalue weighted by molar-refractivity contribution is 7.80. The zero-order valence-electron chi connectivity index (χ0n) is 10.3. The minimum atomic E-state index is 0.500. The van der Waals surface area contributed by atoms with E-state index in [-0.39, 0.29) is 0 Å². The van der Waals surface area contributed by atoms with Gasteiger partial charge in [-0.2, -0.15) is 5.10 Å². The van der Waals surface area contributed by atoms with Gasteiger partial charge in [0.1, 0.15) is 0 Å². The minimum Gasteiger partial charge on any atom is -0.331 e. The Hall–Kier alpha value is -1.13. The van der Waals surface area contributed by atoms with E-state index in [1.807, 2.05) is 25.1 Å². The van der Waals surface area contributed by atoms with Crippen molar-refractivity contribution in [3.8, 4) is 0 Å². The van der Waals surface area contributed by atoms with E-state index in [0.717, 1.165) is 29.1 Å². The lowest BCUT2D eigenvalue weighted by atomic mass is 10.2. The van der Waals surface area contributed by atoms with Gasteiger partial charge in [0.25, 0.3) is 0 Å². The summed E-state index contributed by atoms with van der Waals surface area (Å²) in [5.74, 6) is 0. The van der Waals surface area contributed by atoms with Gasteiger partial charge in [-0.1, -0.05) is 17.7 Å². The predicted octanol–water partition coefficient (Wildman–Crippen LogP) is 3.86. The van der Waals surface area contributed by atoms with Crippen molar-refractivity contribution in [2.75, 3.05) is 5.32 Å². The molecule has 0 amide bonds. The van der Waals surface area contributed by atoms with Crippen LogP contribution in [0.1, 0.15) is 31.2 Å². The monoisotopic (exact) mass is 281 g/mol. The van der Waals surface area contributed by atoms with Gasteiger partial charge < -0.3 is 5.32 Å². The van der Waals surface area contributed by atoms with Crippen LogP contribution in [0.25, 0.3) is 0 Å². The lowest BCUT2D eigenvalue weighted by Gasteiger charge is -2.11. The van der Waals surface area contributed by atoms with E-state index in [4.69, 9.17) is 23.8 Å². The summed E-state index contributed by atoms with van der Waals surface area (Å²) in [5.41, 5.74) is 5.97. The van der Waals surface area contributed by atoms with Crippen LogP contribution < -0.4 is 10.7 Å². The summed E-state index contributed by atoms with van der Waals surface area (Å²) < 4.78 is 0. The van der Waals surface area contributed by atoms with Crippen LogP contribution in [-0.2, 0) is 0 Å². The molecule has 96 valence electrons. The summed E-state index contributed by atoms with van der Waals surface area (Å²) in [6.07, 6.45) is 4.61. The van der Waals surface area contributed by atoms with Crippen LogP contribution in [0.5, 0.6) is 0 Å². The summed E-state index contributed by atoms with van der Waals surface area (Å²) in [6.45, 7) is 1.95. The van der Waals surface area contributed by atoms with Crippen molar-refractivity contribution < 1.29 is 0 Å². The first-order valence-electron chi connectivity index (χ1n) is 6.04. The van der Waals surface area contributed by atoms with Crippen molar-refractivity contribution in [1.82, 2.24) is 5.43 Å². The SMILES string of the molecule is Cc1c(Cl)cccc1NC(=S)NN=C1CCCC1. The van der Waals surface area contributed by atoms with Crippen molar-refractivity contribution in [3.63, 3.8) is 0 Å². The number of nitrogens with zero attached hydrogens (tertiary/aromatic N) is 1. The highest BCUT2D eigenvalue weighted by atomic mass is 35.5. The van der Waals surface area contributed by atoms with Crippen LogP contribution in [0.2, 0.25) is 5.02 Å². The second-order valence-electron chi connectivity index (χ2n) is 4.36. The molecule has 1 aliphatic carbocycles. The predicted molar refractivity (Wildman–Crippen MR) is 81.4 cm³/mol. The number of rotatable bonds is 2. The quantitative estimate of drug-likeness (QED) is 0.638. The third kappa shape index (κ3) is 3.43. The van der Waals surface area contributed by atoms with Crippen LogP contribution in [0.15, 0.2) is 23.3 Å². The number of benzene rings is 1. The molecule has 1 aliphatic rings. The molecule has 0 heterocycles. The molecule has 0 bridgehead atoms. The summed E-state index contributed by atoms with van der Waals surface area (Å²) in [4.78, 5) is 0. The standard InChI is InChI=1S/C13H16ClN3S/c1-9-11(14)7-4-8-12(9)15-13(18)17-16-10-5-2-3-6-10/h4,7-8H,2-3,5-6H2,1H3,(H2,15,17,18). The first kappa shape index (κ1) is 13.3. The number of hydrogen-bond donors (Lipinski definition) is 2. The molecule has 0 spiro atoms. The second kappa shape index (κ2) is 6.16. The molecule has 5 heteroatoms. The summed E-state index contributed by atoms with van der Waals surface area (Å²) in [6, 6.07) is 5.69. The number of anilines is 1. The average Bonchev–Trinajstić information content (AvgIpc) is 2.86. The van der Waals surface area contributed by atoms with E-state index >= 15 is 0 Å². The maximum absolute atomic E-state index is 6.05. The molecule has 0 saturated heterocycles. The molecule has 0 aromatic heterocycles.